The van der Waals surface area contributed by atoms with Crippen LogP contribution < -0.4 is 0 Å². The van der Waals surface area contributed by atoms with E-state index in [1.54, 1.807) is 10.8 Å². The SMILES string of the molecule is O=C(CCn1c(CO)c[nH]c1=S)N1CCCCC1. The highest BCUT2D eigenvalue weighted by Crippen LogP contribution is 2.11. The average Bonchev–Trinajstić information content (AvgIpc) is 2.77. The third kappa shape index (κ3) is 3.00. The first-order valence-corrected chi connectivity index (χ1v) is 6.79. The van der Waals surface area contributed by atoms with Gasteiger partial charge in [-0.05, 0) is 31.5 Å². The minimum atomic E-state index is -0.0644. The minimum absolute atomic E-state index is 0.0644. The van der Waals surface area contributed by atoms with Gasteiger partial charge in [0.1, 0.15) is 0 Å². The molecule has 1 amide bonds. The van der Waals surface area contributed by atoms with Crippen LogP contribution in [0.25, 0.3) is 0 Å². The molecule has 1 aromatic rings. The van der Waals surface area contributed by atoms with Crippen LogP contribution in [0.15, 0.2) is 6.20 Å². The van der Waals surface area contributed by atoms with Gasteiger partial charge in [-0.25, -0.2) is 0 Å². The molecule has 2 heterocycles. The summed E-state index contributed by atoms with van der Waals surface area (Å²) in [6.45, 7) is 2.23. The van der Waals surface area contributed by atoms with Crippen molar-refractivity contribution < 1.29 is 9.90 Å². The molecule has 0 aliphatic carbocycles. The minimum Gasteiger partial charge on any atom is -0.390 e. The Labute approximate surface area is 111 Å². The van der Waals surface area contributed by atoms with Crippen molar-refractivity contribution in [3.05, 3.63) is 16.7 Å². The fourth-order valence-corrected chi connectivity index (χ4v) is 2.58. The number of aliphatic hydroxyl groups excluding tert-OH is 1. The monoisotopic (exact) mass is 269 g/mol. The molecule has 5 nitrogen and oxygen atoms in total. The standard InChI is InChI=1S/C12H19N3O2S/c16-9-10-8-13-12(18)15(10)7-4-11(17)14-5-2-1-3-6-14/h8,16H,1-7,9H2,(H,13,18). The van der Waals surface area contributed by atoms with Crippen LogP contribution in [-0.4, -0.2) is 38.6 Å². The summed E-state index contributed by atoms with van der Waals surface area (Å²) in [6.07, 6.45) is 5.57. The second-order valence-electron chi connectivity index (χ2n) is 4.59. The first-order valence-electron chi connectivity index (χ1n) is 6.38. The number of piperidine rings is 1. The quantitative estimate of drug-likeness (QED) is 0.813. The zero-order chi connectivity index (χ0) is 13.0. The fraction of sp³-hybridized carbons (Fsp3) is 0.667. The maximum Gasteiger partial charge on any atom is 0.224 e. The van der Waals surface area contributed by atoms with Gasteiger partial charge in [-0.15, -0.1) is 0 Å². The van der Waals surface area contributed by atoms with Crippen molar-refractivity contribution in [2.45, 2.75) is 38.8 Å². The third-order valence-electron chi connectivity index (χ3n) is 3.37. The number of aromatic amines is 1. The van der Waals surface area contributed by atoms with Gasteiger partial charge in [-0.3, -0.25) is 4.79 Å². The summed E-state index contributed by atoms with van der Waals surface area (Å²) in [5.74, 6) is 0.182. The molecule has 0 aromatic carbocycles. The number of nitrogens with one attached hydrogen (secondary N) is 1. The third-order valence-corrected chi connectivity index (χ3v) is 3.71. The number of hydrogen-bond acceptors (Lipinski definition) is 3. The summed E-state index contributed by atoms with van der Waals surface area (Å²) in [5, 5.41) is 9.16. The van der Waals surface area contributed by atoms with Gasteiger partial charge in [0, 0.05) is 32.3 Å². The van der Waals surface area contributed by atoms with Crippen molar-refractivity contribution in [3.63, 3.8) is 0 Å². The molecule has 1 fully saturated rings. The predicted molar refractivity (Wildman–Crippen MR) is 70.6 cm³/mol. The largest absolute Gasteiger partial charge is 0.390 e. The summed E-state index contributed by atoms with van der Waals surface area (Å²) in [6, 6.07) is 0. The van der Waals surface area contributed by atoms with Crippen LogP contribution in [0.5, 0.6) is 0 Å². The molecule has 6 heteroatoms. The van der Waals surface area contributed by atoms with Crippen LogP contribution in [0.4, 0.5) is 0 Å². The second-order valence-corrected chi connectivity index (χ2v) is 4.97. The number of hydrogen-bond donors (Lipinski definition) is 2. The summed E-state index contributed by atoms with van der Waals surface area (Å²) in [7, 11) is 0. The summed E-state index contributed by atoms with van der Waals surface area (Å²) in [4.78, 5) is 16.8. The lowest BCUT2D eigenvalue weighted by Crippen LogP contribution is -2.36. The molecule has 0 spiro atoms. The van der Waals surface area contributed by atoms with Gasteiger partial charge < -0.3 is 19.6 Å². The number of rotatable bonds is 4. The molecule has 18 heavy (non-hydrogen) atoms. The number of imidazole rings is 1. The van der Waals surface area contributed by atoms with E-state index >= 15 is 0 Å². The maximum absolute atomic E-state index is 12.0. The molecule has 0 radical (unpaired) electrons. The Morgan fingerprint density at radius 3 is 2.78 bits per heavy atom. The van der Waals surface area contributed by atoms with Gasteiger partial charge in [0.25, 0.3) is 0 Å². The maximum atomic E-state index is 12.0. The van der Waals surface area contributed by atoms with E-state index in [-0.39, 0.29) is 12.5 Å². The van der Waals surface area contributed by atoms with Gasteiger partial charge >= 0.3 is 0 Å². The molecule has 0 unspecified atom stereocenters. The highest BCUT2D eigenvalue weighted by atomic mass is 32.1. The number of aromatic nitrogens is 2. The van der Waals surface area contributed by atoms with E-state index in [0.717, 1.165) is 31.6 Å². The summed E-state index contributed by atoms with van der Waals surface area (Å²) < 4.78 is 2.35. The molecule has 1 aromatic heterocycles. The Bertz CT molecular complexity index is 460. The first kappa shape index (κ1) is 13.3. The van der Waals surface area contributed by atoms with Crippen molar-refractivity contribution in [2.75, 3.05) is 13.1 Å². The van der Waals surface area contributed by atoms with Crippen LogP contribution >= 0.6 is 12.2 Å². The molecule has 1 aliphatic rings. The molecule has 0 bridgehead atoms. The first-order chi connectivity index (χ1) is 8.72. The molecule has 0 saturated carbocycles. The number of nitrogens with zero attached hydrogens (tertiary/aromatic N) is 2. The number of amides is 1. The van der Waals surface area contributed by atoms with Crippen molar-refractivity contribution in [3.8, 4) is 0 Å². The van der Waals surface area contributed by atoms with Gasteiger partial charge in [0.2, 0.25) is 5.91 Å². The van der Waals surface area contributed by atoms with Gasteiger partial charge in [-0.1, -0.05) is 0 Å². The number of carbonyl (C=O) groups excluding carboxylic acids is 1. The Morgan fingerprint density at radius 2 is 2.11 bits per heavy atom. The van der Waals surface area contributed by atoms with Crippen molar-refractivity contribution in [1.29, 1.82) is 0 Å². The predicted octanol–water partition coefficient (Wildman–Crippen LogP) is 1.44. The molecular formula is C12H19N3O2S. The zero-order valence-electron chi connectivity index (χ0n) is 10.4. The van der Waals surface area contributed by atoms with Gasteiger partial charge in [-0.2, -0.15) is 0 Å². The van der Waals surface area contributed by atoms with E-state index in [4.69, 9.17) is 17.3 Å². The average molecular weight is 269 g/mol. The van der Waals surface area contributed by atoms with E-state index in [1.807, 2.05) is 4.90 Å². The van der Waals surface area contributed by atoms with Crippen molar-refractivity contribution in [2.24, 2.45) is 0 Å². The highest BCUT2D eigenvalue weighted by Gasteiger charge is 2.16. The molecule has 100 valence electrons. The van der Waals surface area contributed by atoms with E-state index < -0.39 is 0 Å². The van der Waals surface area contributed by atoms with E-state index in [1.165, 1.54) is 6.42 Å². The smallest absolute Gasteiger partial charge is 0.224 e. The van der Waals surface area contributed by atoms with E-state index in [0.29, 0.717) is 17.7 Å². The Hall–Kier alpha value is -1.14. The van der Waals surface area contributed by atoms with Crippen LogP contribution in [-0.2, 0) is 17.9 Å². The molecule has 1 saturated heterocycles. The number of H-pyrrole nitrogens is 1. The zero-order valence-corrected chi connectivity index (χ0v) is 11.2. The lowest BCUT2D eigenvalue weighted by Gasteiger charge is -2.26. The highest BCUT2D eigenvalue weighted by molar-refractivity contribution is 7.71. The topological polar surface area (TPSA) is 61.3 Å². The van der Waals surface area contributed by atoms with Crippen molar-refractivity contribution >= 4 is 18.1 Å². The van der Waals surface area contributed by atoms with Gasteiger partial charge in [0.15, 0.2) is 4.77 Å². The molecule has 0 atom stereocenters. The molecule has 2 N–H and O–H groups in total. The lowest BCUT2D eigenvalue weighted by molar-refractivity contribution is -0.132. The van der Waals surface area contributed by atoms with Crippen LogP contribution in [0.1, 0.15) is 31.4 Å². The van der Waals surface area contributed by atoms with E-state index in [9.17, 15) is 4.79 Å². The summed E-state index contributed by atoms with van der Waals surface area (Å²) in [5.41, 5.74) is 0.728. The molecule has 1 aliphatic heterocycles. The van der Waals surface area contributed by atoms with E-state index in [2.05, 4.69) is 4.98 Å². The van der Waals surface area contributed by atoms with Crippen molar-refractivity contribution in [1.82, 2.24) is 14.5 Å². The van der Waals surface area contributed by atoms with Crippen LogP contribution in [0.2, 0.25) is 0 Å². The lowest BCUT2D eigenvalue weighted by atomic mass is 10.1. The fourth-order valence-electron chi connectivity index (χ4n) is 2.32. The number of aliphatic hydroxyl groups is 1. The summed E-state index contributed by atoms with van der Waals surface area (Å²) >= 11 is 5.12. The Kier molecular flexibility index (Phi) is 4.54. The Morgan fingerprint density at radius 1 is 1.39 bits per heavy atom. The van der Waals surface area contributed by atoms with Crippen LogP contribution in [0, 0.1) is 4.77 Å². The Balaban J connectivity index is 1.92. The number of likely N-dealkylation sites (tertiary alicyclic amines) is 1. The van der Waals surface area contributed by atoms with Gasteiger partial charge in [0.05, 0.1) is 12.3 Å². The second kappa shape index (κ2) is 6.15. The molecular weight excluding hydrogens is 250 g/mol. The molecule has 2 rings (SSSR count). The normalized spacial score (nSPS) is 15.9. The van der Waals surface area contributed by atoms with Crippen LogP contribution in [0.3, 0.4) is 0 Å². The number of carbonyl (C=O) groups is 1.